The Kier molecular flexibility index (Phi) is 13.5. The molecular weight excluding hydrogens is 381 g/mol. The largest absolute Gasteiger partial charge is 0.383 e. The third kappa shape index (κ3) is 10.3. The number of aliphatic imine (C=N–C) groups is 1. The van der Waals surface area contributed by atoms with Crippen LogP contribution in [-0.2, 0) is 9.47 Å². The van der Waals surface area contributed by atoms with Gasteiger partial charge in [0, 0.05) is 33.4 Å². The van der Waals surface area contributed by atoms with E-state index in [4.69, 9.17) is 9.47 Å². The van der Waals surface area contributed by atoms with E-state index in [9.17, 15) is 0 Å². The second-order valence-electron chi connectivity index (χ2n) is 5.48. The van der Waals surface area contributed by atoms with E-state index in [0.29, 0.717) is 12.7 Å². The van der Waals surface area contributed by atoms with Crippen molar-refractivity contribution in [2.24, 2.45) is 4.99 Å². The zero-order valence-corrected chi connectivity index (χ0v) is 16.0. The van der Waals surface area contributed by atoms with E-state index in [1.807, 2.05) is 0 Å². The molecule has 0 saturated heterocycles. The van der Waals surface area contributed by atoms with Crippen molar-refractivity contribution >= 4 is 29.9 Å². The molecule has 6 heteroatoms. The molecule has 2 N–H and O–H groups in total. The van der Waals surface area contributed by atoms with E-state index in [1.165, 1.54) is 32.1 Å². The maximum Gasteiger partial charge on any atom is 0.191 e. The predicted octanol–water partition coefficient (Wildman–Crippen LogP) is 2.54. The van der Waals surface area contributed by atoms with Crippen molar-refractivity contribution in [2.45, 2.75) is 57.6 Å². The maximum atomic E-state index is 5.90. The Morgan fingerprint density at radius 1 is 1.29 bits per heavy atom. The molecule has 1 fully saturated rings. The number of hydrogen-bond donors (Lipinski definition) is 2. The van der Waals surface area contributed by atoms with Crippen LogP contribution in [-0.4, -0.2) is 52.0 Å². The Bertz CT molecular complexity index is 272. The number of methoxy groups -OCH3 is 1. The van der Waals surface area contributed by atoms with Crippen molar-refractivity contribution in [1.82, 2.24) is 10.6 Å². The van der Waals surface area contributed by atoms with Crippen LogP contribution < -0.4 is 10.6 Å². The maximum absolute atomic E-state index is 5.90. The summed E-state index contributed by atoms with van der Waals surface area (Å²) in [5.74, 6) is 0.826. The van der Waals surface area contributed by atoms with Crippen molar-refractivity contribution in [3.8, 4) is 0 Å². The third-order valence-electron chi connectivity index (χ3n) is 3.54. The summed E-state index contributed by atoms with van der Waals surface area (Å²) < 4.78 is 11.0. The minimum absolute atomic E-state index is 0. The quantitative estimate of drug-likeness (QED) is 0.278. The molecular formula is C15H32IN3O2. The molecule has 5 nitrogen and oxygen atoms in total. The molecule has 0 aromatic rings. The first-order valence-corrected chi connectivity index (χ1v) is 7.84. The highest BCUT2D eigenvalue weighted by atomic mass is 127. The second-order valence-corrected chi connectivity index (χ2v) is 5.48. The number of rotatable bonds is 8. The SMILES string of the molecule is CN=C(NCCCOC1CCCCC1)NC(C)COC.I. The fourth-order valence-corrected chi connectivity index (χ4v) is 2.48. The van der Waals surface area contributed by atoms with Crippen LogP contribution in [0.1, 0.15) is 45.4 Å². The van der Waals surface area contributed by atoms with Crippen LogP contribution in [0.4, 0.5) is 0 Å². The molecule has 1 atom stereocenters. The van der Waals surface area contributed by atoms with Crippen molar-refractivity contribution < 1.29 is 9.47 Å². The fraction of sp³-hybridized carbons (Fsp3) is 0.933. The molecule has 1 aliphatic carbocycles. The number of halogens is 1. The molecule has 0 radical (unpaired) electrons. The van der Waals surface area contributed by atoms with E-state index in [2.05, 4.69) is 22.5 Å². The molecule has 0 bridgehead atoms. The molecule has 1 unspecified atom stereocenters. The summed E-state index contributed by atoms with van der Waals surface area (Å²) in [4.78, 5) is 4.20. The van der Waals surface area contributed by atoms with E-state index in [1.54, 1.807) is 14.2 Å². The summed E-state index contributed by atoms with van der Waals surface area (Å²) in [6.45, 7) is 4.46. The summed E-state index contributed by atoms with van der Waals surface area (Å²) in [5.41, 5.74) is 0. The van der Waals surface area contributed by atoms with E-state index in [-0.39, 0.29) is 30.0 Å². The van der Waals surface area contributed by atoms with Crippen LogP contribution in [0.5, 0.6) is 0 Å². The average molecular weight is 413 g/mol. The molecule has 1 rings (SSSR count). The lowest BCUT2D eigenvalue weighted by molar-refractivity contribution is 0.0277. The molecule has 0 aromatic heterocycles. The van der Waals surface area contributed by atoms with Gasteiger partial charge in [-0.2, -0.15) is 0 Å². The Labute approximate surface area is 146 Å². The zero-order chi connectivity index (χ0) is 14.6. The molecule has 0 heterocycles. The Morgan fingerprint density at radius 2 is 2.00 bits per heavy atom. The van der Waals surface area contributed by atoms with Gasteiger partial charge in [-0.25, -0.2) is 0 Å². The summed E-state index contributed by atoms with van der Waals surface area (Å²) in [6.07, 6.45) is 8.03. The third-order valence-corrected chi connectivity index (χ3v) is 3.54. The standard InChI is InChI=1S/C15H31N3O2.HI/c1-13(12-19-3)18-15(16-2)17-10-7-11-20-14-8-5-4-6-9-14;/h13-14H,4-12H2,1-3H3,(H2,16,17,18);1H. The van der Waals surface area contributed by atoms with Crippen molar-refractivity contribution in [3.05, 3.63) is 0 Å². The average Bonchev–Trinajstić information content (AvgIpc) is 2.47. The molecule has 0 spiro atoms. The molecule has 0 aromatic carbocycles. The van der Waals surface area contributed by atoms with Crippen LogP contribution >= 0.6 is 24.0 Å². The highest BCUT2D eigenvalue weighted by molar-refractivity contribution is 14.0. The summed E-state index contributed by atoms with van der Waals surface area (Å²) in [5, 5.41) is 6.58. The topological polar surface area (TPSA) is 54.9 Å². The monoisotopic (exact) mass is 413 g/mol. The highest BCUT2D eigenvalue weighted by Gasteiger charge is 2.13. The number of hydrogen-bond acceptors (Lipinski definition) is 3. The number of nitrogens with zero attached hydrogens (tertiary/aromatic N) is 1. The molecule has 1 aliphatic rings. The molecule has 126 valence electrons. The van der Waals surface area contributed by atoms with Crippen molar-refractivity contribution in [1.29, 1.82) is 0 Å². The van der Waals surface area contributed by atoms with Gasteiger partial charge in [0.2, 0.25) is 0 Å². The van der Waals surface area contributed by atoms with Gasteiger partial charge in [0.05, 0.1) is 12.7 Å². The predicted molar refractivity (Wildman–Crippen MR) is 98.7 cm³/mol. The van der Waals surface area contributed by atoms with E-state index < -0.39 is 0 Å². The lowest BCUT2D eigenvalue weighted by Crippen LogP contribution is -2.44. The number of guanidine groups is 1. The minimum atomic E-state index is 0. The fourth-order valence-electron chi connectivity index (χ4n) is 2.48. The second kappa shape index (κ2) is 13.6. The molecule has 0 aliphatic heterocycles. The first-order chi connectivity index (χ1) is 9.76. The van der Waals surface area contributed by atoms with Gasteiger partial charge in [0.15, 0.2) is 5.96 Å². The summed E-state index contributed by atoms with van der Waals surface area (Å²) >= 11 is 0. The van der Waals surface area contributed by atoms with Crippen LogP contribution in [0.3, 0.4) is 0 Å². The van der Waals surface area contributed by atoms with Crippen molar-refractivity contribution in [3.63, 3.8) is 0 Å². The van der Waals surface area contributed by atoms with Crippen LogP contribution in [0, 0.1) is 0 Å². The Hall–Kier alpha value is -0.0800. The number of nitrogens with one attached hydrogen (secondary N) is 2. The van der Waals surface area contributed by atoms with Gasteiger partial charge >= 0.3 is 0 Å². The van der Waals surface area contributed by atoms with Gasteiger partial charge in [0.1, 0.15) is 0 Å². The summed E-state index contributed by atoms with van der Waals surface area (Å²) in [7, 11) is 3.49. The van der Waals surface area contributed by atoms with E-state index >= 15 is 0 Å². The highest BCUT2D eigenvalue weighted by Crippen LogP contribution is 2.20. The van der Waals surface area contributed by atoms with Crippen LogP contribution in [0.15, 0.2) is 4.99 Å². The van der Waals surface area contributed by atoms with Gasteiger partial charge in [-0.1, -0.05) is 19.3 Å². The normalized spacial score (nSPS) is 18.0. The van der Waals surface area contributed by atoms with Crippen LogP contribution in [0.2, 0.25) is 0 Å². The van der Waals surface area contributed by atoms with E-state index in [0.717, 1.165) is 25.5 Å². The number of ether oxygens (including phenoxy) is 2. The first-order valence-electron chi connectivity index (χ1n) is 7.84. The molecule has 0 amide bonds. The molecule has 21 heavy (non-hydrogen) atoms. The molecule has 1 saturated carbocycles. The van der Waals surface area contributed by atoms with Gasteiger partial charge in [-0.3, -0.25) is 4.99 Å². The van der Waals surface area contributed by atoms with Gasteiger partial charge in [-0.05, 0) is 26.2 Å². The van der Waals surface area contributed by atoms with Crippen LogP contribution in [0.25, 0.3) is 0 Å². The summed E-state index contributed by atoms with van der Waals surface area (Å²) in [6, 6.07) is 0.254. The Balaban J connectivity index is 0.00000400. The Morgan fingerprint density at radius 3 is 2.62 bits per heavy atom. The minimum Gasteiger partial charge on any atom is -0.383 e. The van der Waals surface area contributed by atoms with Crippen molar-refractivity contribution in [2.75, 3.05) is 33.9 Å². The van der Waals surface area contributed by atoms with Gasteiger partial charge in [0.25, 0.3) is 0 Å². The smallest absolute Gasteiger partial charge is 0.191 e. The lowest BCUT2D eigenvalue weighted by atomic mass is 9.98. The lowest BCUT2D eigenvalue weighted by Gasteiger charge is -2.22. The first kappa shape index (κ1) is 20.9. The zero-order valence-electron chi connectivity index (χ0n) is 13.7. The van der Waals surface area contributed by atoms with Gasteiger partial charge < -0.3 is 20.1 Å². The van der Waals surface area contributed by atoms with Gasteiger partial charge in [-0.15, -0.1) is 24.0 Å².